The van der Waals surface area contributed by atoms with Gasteiger partial charge in [0.25, 0.3) is 15.9 Å². The maximum atomic E-state index is 12.9. The third kappa shape index (κ3) is 4.99. The summed E-state index contributed by atoms with van der Waals surface area (Å²) in [4.78, 5) is 12.4. The zero-order valence-corrected chi connectivity index (χ0v) is 18.5. The van der Waals surface area contributed by atoms with Crippen LogP contribution in [0.4, 0.5) is 11.4 Å². The number of rotatable bonds is 6. The lowest BCUT2D eigenvalue weighted by atomic mass is 10.2. The minimum atomic E-state index is -4.02. The van der Waals surface area contributed by atoms with Crippen molar-refractivity contribution in [3.05, 3.63) is 81.3 Å². The van der Waals surface area contributed by atoms with Crippen LogP contribution in [0.2, 0.25) is 15.1 Å². The Hall–Kier alpha value is -2.45. The highest BCUT2D eigenvalue weighted by atomic mass is 35.5. The molecule has 156 valence electrons. The molecule has 6 nitrogen and oxygen atoms in total. The Balaban J connectivity index is 1.92. The number of sulfonamides is 1. The Morgan fingerprint density at radius 1 is 0.933 bits per heavy atom. The molecule has 2 N–H and O–H groups in total. The maximum absolute atomic E-state index is 12.9. The number of methoxy groups -OCH3 is 1. The van der Waals surface area contributed by atoms with Gasteiger partial charge < -0.3 is 10.1 Å². The Morgan fingerprint density at radius 3 is 2.27 bits per heavy atom. The lowest BCUT2D eigenvalue weighted by Crippen LogP contribution is -2.16. The number of hydrogen-bond donors (Lipinski definition) is 2. The SMILES string of the molecule is COc1ccc(NC(=O)c2cccc(Cl)c2Cl)cc1S(=O)(=O)Nc1ccc(Cl)cc1. The molecule has 0 aliphatic rings. The van der Waals surface area contributed by atoms with E-state index in [0.29, 0.717) is 10.7 Å². The lowest BCUT2D eigenvalue weighted by Gasteiger charge is -2.14. The molecule has 0 saturated carbocycles. The first-order valence-electron chi connectivity index (χ1n) is 8.43. The second-order valence-corrected chi connectivity index (χ2v) is 8.91. The van der Waals surface area contributed by atoms with Crippen LogP contribution < -0.4 is 14.8 Å². The summed E-state index contributed by atoms with van der Waals surface area (Å²) < 4.78 is 33.4. The first-order valence-corrected chi connectivity index (χ1v) is 11.0. The summed E-state index contributed by atoms with van der Waals surface area (Å²) in [5.41, 5.74) is 0.707. The van der Waals surface area contributed by atoms with Crippen LogP contribution in [0, 0.1) is 0 Å². The van der Waals surface area contributed by atoms with E-state index < -0.39 is 15.9 Å². The molecule has 3 aromatic carbocycles. The fourth-order valence-electron chi connectivity index (χ4n) is 2.57. The third-order valence-corrected chi connectivity index (χ3v) is 6.48. The van der Waals surface area contributed by atoms with Gasteiger partial charge in [0.2, 0.25) is 0 Å². The zero-order valence-electron chi connectivity index (χ0n) is 15.4. The molecule has 0 radical (unpaired) electrons. The van der Waals surface area contributed by atoms with Gasteiger partial charge in [0.15, 0.2) is 0 Å². The predicted octanol–water partition coefficient (Wildman–Crippen LogP) is 5.71. The number of amides is 1. The molecule has 30 heavy (non-hydrogen) atoms. The van der Waals surface area contributed by atoms with Gasteiger partial charge in [-0.3, -0.25) is 9.52 Å². The molecule has 0 saturated heterocycles. The van der Waals surface area contributed by atoms with Crippen molar-refractivity contribution in [3.63, 3.8) is 0 Å². The van der Waals surface area contributed by atoms with Crippen molar-refractivity contribution in [2.75, 3.05) is 17.1 Å². The van der Waals surface area contributed by atoms with E-state index in [1.165, 1.54) is 43.5 Å². The third-order valence-electron chi connectivity index (χ3n) is 4.00. The number of halogens is 3. The van der Waals surface area contributed by atoms with Gasteiger partial charge in [0, 0.05) is 16.4 Å². The first kappa shape index (κ1) is 22.2. The zero-order chi connectivity index (χ0) is 21.9. The predicted molar refractivity (Wildman–Crippen MR) is 120 cm³/mol. The Kier molecular flexibility index (Phi) is 6.77. The van der Waals surface area contributed by atoms with Crippen LogP contribution in [0.3, 0.4) is 0 Å². The fourth-order valence-corrected chi connectivity index (χ4v) is 4.34. The van der Waals surface area contributed by atoms with E-state index in [1.807, 2.05) is 0 Å². The van der Waals surface area contributed by atoms with Crippen LogP contribution in [0.25, 0.3) is 0 Å². The smallest absolute Gasteiger partial charge is 0.265 e. The van der Waals surface area contributed by atoms with Crippen molar-refractivity contribution in [2.45, 2.75) is 4.90 Å². The quantitative estimate of drug-likeness (QED) is 0.468. The molecule has 0 fully saturated rings. The number of hydrogen-bond acceptors (Lipinski definition) is 4. The Labute approximate surface area is 188 Å². The Bertz CT molecular complexity index is 1200. The van der Waals surface area contributed by atoms with Crippen LogP contribution in [0.15, 0.2) is 65.6 Å². The fraction of sp³-hybridized carbons (Fsp3) is 0.0500. The van der Waals surface area contributed by atoms with Crippen molar-refractivity contribution < 1.29 is 17.9 Å². The lowest BCUT2D eigenvalue weighted by molar-refractivity contribution is 0.102. The summed E-state index contributed by atoms with van der Waals surface area (Å²) in [6.45, 7) is 0. The molecule has 0 aliphatic carbocycles. The van der Waals surface area contributed by atoms with E-state index >= 15 is 0 Å². The van der Waals surface area contributed by atoms with Gasteiger partial charge in [-0.1, -0.05) is 40.9 Å². The van der Waals surface area contributed by atoms with Gasteiger partial charge in [0.1, 0.15) is 10.6 Å². The molecule has 1 amide bonds. The van der Waals surface area contributed by atoms with E-state index in [4.69, 9.17) is 39.5 Å². The van der Waals surface area contributed by atoms with Gasteiger partial charge >= 0.3 is 0 Å². The highest BCUT2D eigenvalue weighted by Crippen LogP contribution is 2.30. The van der Waals surface area contributed by atoms with E-state index in [1.54, 1.807) is 24.3 Å². The van der Waals surface area contributed by atoms with Gasteiger partial charge in [-0.05, 0) is 54.6 Å². The number of carbonyl (C=O) groups is 1. The topological polar surface area (TPSA) is 84.5 Å². The molecule has 0 aliphatic heterocycles. The van der Waals surface area contributed by atoms with Gasteiger partial charge in [-0.15, -0.1) is 0 Å². The van der Waals surface area contributed by atoms with Crippen LogP contribution in [0.5, 0.6) is 5.75 Å². The molecule has 0 bridgehead atoms. The summed E-state index contributed by atoms with van der Waals surface area (Å²) in [6, 6.07) is 15.1. The summed E-state index contributed by atoms with van der Waals surface area (Å²) in [5, 5.41) is 3.42. The molecule has 0 unspecified atom stereocenters. The van der Waals surface area contributed by atoms with E-state index in [9.17, 15) is 13.2 Å². The molecular weight excluding hydrogens is 471 g/mol. The normalized spacial score (nSPS) is 11.1. The van der Waals surface area contributed by atoms with Crippen molar-refractivity contribution in [3.8, 4) is 5.75 Å². The van der Waals surface area contributed by atoms with Crippen LogP contribution >= 0.6 is 34.8 Å². The molecular formula is C20H15Cl3N2O4S. The van der Waals surface area contributed by atoms with E-state index in [0.717, 1.165) is 0 Å². The number of carbonyl (C=O) groups excluding carboxylic acids is 1. The van der Waals surface area contributed by atoms with Gasteiger partial charge in [0.05, 0.1) is 22.7 Å². The van der Waals surface area contributed by atoms with Gasteiger partial charge in [-0.25, -0.2) is 8.42 Å². The first-order chi connectivity index (χ1) is 14.2. The number of benzene rings is 3. The van der Waals surface area contributed by atoms with Crippen molar-refractivity contribution in [2.24, 2.45) is 0 Å². The average Bonchev–Trinajstić information content (AvgIpc) is 2.71. The number of ether oxygens (including phenoxy) is 1. The largest absolute Gasteiger partial charge is 0.495 e. The Morgan fingerprint density at radius 2 is 1.60 bits per heavy atom. The van der Waals surface area contributed by atoms with Crippen LogP contribution in [-0.2, 0) is 10.0 Å². The highest BCUT2D eigenvalue weighted by molar-refractivity contribution is 7.92. The molecule has 3 rings (SSSR count). The molecule has 3 aromatic rings. The second kappa shape index (κ2) is 9.14. The molecule has 0 heterocycles. The summed E-state index contributed by atoms with van der Waals surface area (Å²) >= 11 is 17.9. The van der Waals surface area contributed by atoms with Crippen molar-refractivity contribution in [1.82, 2.24) is 0 Å². The van der Waals surface area contributed by atoms with Gasteiger partial charge in [-0.2, -0.15) is 0 Å². The molecule has 10 heteroatoms. The minimum absolute atomic E-state index is 0.0995. The van der Waals surface area contributed by atoms with E-state index in [-0.39, 0.29) is 31.9 Å². The van der Waals surface area contributed by atoms with Crippen LogP contribution in [-0.4, -0.2) is 21.4 Å². The second-order valence-electron chi connectivity index (χ2n) is 6.03. The standard InChI is InChI=1S/C20H15Cl3N2O4S/c1-29-17-10-9-14(24-20(26)15-3-2-4-16(22)19(15)23)11-18(17)30(27,28)25-13-7-5-12(21)6-8-13/h2-11,25H,1H3,(H,24,26). The van der Waals surface area contributed by atoms with Crippen molar-refractivity contribution >= 4 is 62.1 Å². The number of anilines is 2. The molecule has 0 aromatic heterocycles. The van der Waals surface area contributed by atoms with Crippen molar-refractivity contribution in [1.29, 1.82) is 0 Å². The summed E-state index contributed by atoms with van der Waals surface area (Å²) in [7, 11) is -2.68. The van der Waals surface area contributed by atoms with Crippen LogP contribution in [0.1, 0.15) is 10.4 Å². The summed E-state index contributed by atoms with van der Waals surface area (Å²) in [6.07, 6.45) is 0. The highest BCUT2D eigenvalue weighted by Gasteiger charge is 2.21. The minimum Gasteiger partial charge on any atom is -0.495 e. The monoisotopic (exact) mass is 484 g/mol. The average molecular weight is 486 g/mol. The van der Waals surface area contributed by atoms with E-state index in [2.05, 4.69) is 10.0 Å². The summed E-state index contributed by atoms with van der Waals surface area (Å²) in [5.74, 6) is -0.433. The molecule has 0 spiro atoms. The molecule has 0 atom stereocenters. The maximum Gasteiger partial charge on any atom is 0.265 e. The number of nitrogens with one attached hydrogen (secondary N) is 2.